The molecule has 0 unspecified atom stereocenters. The summed E-state index contributed by atoms with van der Waals surface area (Å²) in [5, 5.41) is 12.7. The first-order valence-electron chi connectivity index (χ1n) is 6.17. The first-order valence-corrected chi connectivity index (χ1v) is 6.17. The standard InChI is InChI=1S/C14H21F2NO2/c1-9-5-11(7-17-8-14(3,4)18)6-10(2)12(9)19-13(15)16/h5-6,13,17-18H,7-8H2,1-4H3. The van der Waals surface area contributed by atoms with Crippen LogP contribution in [0.15, 0.2) is 12.1 Å². The van der Waals surface area contributed by atoms with Crippen molar-refractivity contribution < 1.29 is 18.6 Å². The fraction of sp³-hybridized carbons (Fsp3) is 0.571. The van der Waals surface area contributed by atoms with Crippen LogP contribution in [0.3, 0.4) is 0 Å². The number of nitrogens with one attached hydrogen (secondary N) is 1. The molecule has 0 aliphatic rings. The van der Waals surface area contributed by atoms with E-state index in [2.05, 4.69) is 10.1 Å². The number of benzene rings is 1. The number of ether oxygens (including phenoxy) is 1. The van der Waals surface area contributed by atoms with E-state index in [0.29, 0.717) is 24.2 Å². The molecule has 0 fully saturated rings. The zero-order valence-corrected chi connectivity index (χ0v) is 11.8. The van der Waals surface area contributed by atoms with Crippen molar-refractivity contribution in [1.82, 2.24) is 5.32 Å². The lowest BCUT2D eigenvalue weighted by molar-refractivity contribution is -0.0507. The van der Waals surface area contributed by atoms with E-state index in [1.54, 1.807) is 27.7 Å². The van der Waals surface area contributed by atoms with Crippen molar-refractivity contribution in [2.24, 2.45) is 0 Å². The number of aliphatic hydroxyl groups is 1. The topological polar surface area (TPSA) is 41.5 Å². The summed E-state index contributed by atoms with van der Waals surface area (Å²) in [5.41, 5.74) is 1.56. The summed E-state index contributed by atoms with van der Waals surface area (Å²) in [4.78, 5) is 0. The van der Waals surface area contributed by atoms with E-state index in [4.69, 9.17) is 0 Å². The number of rotatable bonds is 6. The fourth-order valence-corrected chi connectivity index (χ4v) is 1.93. The molecule has 0 aliphatic carbocycles. The Hall–Kier alpha value is -1.20. The van der Waals surface area contributed by atoms with E-state index in [0.717, 1.165) is 5.56 Å². The van der Waals surface area contributed by atoms with Crippen molar-refractivity contribution in [1.29, 1.82) is 0 Å². The Labute approximate surface area is 112 Å². The van der Waals surface area contributed by atoms with Crippen LogP contribution >= 0.6 is 0 Å². The maximum atomic E-state index is 12.3. The van der Waals surface area contributed by atoms with Crippen LogP contribution < -0.4 is 10.1 Å². The summed E-state index contributed by atoms with van der Waals surface area (Å²) in [6.45, 7) is 5.14. The Morgan fingerprint density at radius 3 is 2.21 bits per heavy atom. The van der Waals surface area contributed by atoms with Gasteiger partial charge in [-0.05, 0) is 44.4 Å². The van der Waals surface area contributed by atoms with E-state index < -0.39 is 12.2 Å². The molecule has 108 valence electrons. The molecule has 0 saturated heterocycles. The normalized spacial score (nSPS) is 12.0. The highest BCUT2D eigenvalue weighted by molar-refractivity contribution is 5.43. The van der Waals surface area contributed by atoms with Crippen molar-refractivity contribution in [3.8, 4) is 5.75 Å². The van der Waals surface area contributed by atoms with Gasteiger partial charge in [0.1, 0.15) is 5.75 Å². The first kappa shape index (κ1) is 15.9. The Morgan fingerprint density at radius 2 is 1.79 bits per heavy atom. The summed E-state index contributed by atoms with van der Waals surface area (Å²) >= 11 is 0. The fourth-order valence-electron chi connectivity index (χ4n) is 1.93. The van der Waals surface area contributed by atoms with Gasteiger partial charge in [-0.1, -0.05) is 12.1 Å². The quantitative estimate of drug-likeness (QED) is 0.837. The average Bonchev–Trinajstić information content (AvgIpc) is 2.21. The molecule has 0 spiro atoms. The monoisotopic (exact) mass is 273 g/mol. The number of hydrogen-bond acceptors (Lipinski definition) is 3. The molecule has 0 saturated carbocycles. The van der Waals surface area contributed by atoms with Gasteiger partial charge in [0, 0.05) is 13.1 Å². The minimum Gasteiger partial charge on any atom is -0.434 e. The lowest BCUT2D eigenvalue weighted by Gasteiger charge is -2.18. The van der Waals surface area contributed by atoms with Crippen LogP contribution in [-0.2, 0) is 6.54 Å². The van der Waals surface area contributed by atoms with E-state index in [9.17, 15) is 13.9 Å². The lowest BCUT2D eigenvalue weighted by Crippen LogP contribution is -2.34. The van der Waals surface area contributed by atoms with Gasteiger partial charge in [-0.15, -0.1) is 0 Å². The zero-order valence-electron chi connectivity index (χ0n) is 11.8. The Balaban J connectivity index is 2.72. The molecule has 19 heavy (non-hydrogen) atoms. The highest BCUT2D eigenvalue weighted by Gasteiger charge is 2.13. The van der Waals surface area contributed by atoms with E-state index >= 15 is 0 Å². The van der Waals surface area contributed by atoms with E-state index in [1.807, 2.05) is 12.1 Å². The molecule has 0 aliphatic heterocycles. The van der Waals surface area contributed by atoms with Gasteiger partial charge in [-0.25, -0.2) is 0 Å². The van der Waals surface area contributed by atoms with Crippen LogP contribution in [0.1, 0.15) is 30.5 Å². The van der Waals surface area contributed by atoms with Crippen molar-refractivity contribution in [2.75, 3.05) is 6.54 Å². The molecule has 0 aromatic heterocycles. The van der Waals surface area contributed by atoms with Gasteiger partial charge in [0.15, 0.2) is 0 Å². The molecule has 1 aromatic carbocycles. The Morgan fingerprint density at radius 1 is 1.26 bits per heavy atom. The summed E-state index contributed by atoms with van der Waals surface area (Å²) in [5.74, 6) is 0.237. The largest absolute Gasteiger partial charge is 0.434 e. The highest BCUT2D eigenvalue weighted by atomic mass is 19.3. The second-order valence-electron chi connectivity index (χ2n) is 5.35. The minimum absolute atomic E-state index is 0.237. The molecule has 3 nitrogen and oxygen atoms in total. The van der Waals surface area contributed by atoms with Gasteiger partial charge in [0.25, 0.3) is 0 Å². The summed E-state index contributed by atoms with van der Waals surface area (Å²) in [6, 6.07) is 3.62. The van der Waals surface area contributed by atoms with Gasteiger partial charge in [0.05, 0.1) is 5.60 Å². The van der Waals surface area contributed by atoms with Gasteiger partial charge >= 0.3 is 6.61 Å². The molecule has 0 amide bonds. The molecule has 5 heteroatoms. The third kappa shape index (κ3) is 5.53. The van der Waals surface area contributed by atoms with Gasteiger partial charge in [-0.2, -0.15) is 8.78 Å². The third-order valence-corrected chi connectivity index (χ3v) is 2.61. The van der Waals surface area contributed by atoms with Crippen molar-refractivity contribution in [2.45, 2.75) is 46.5 Å². The number of halogens is 2. The molecule has 0 radical (unpaired) electrons. The maximum Gasteiger partial charge on any atom is 0.387 e. The SMILES string of the molecule is Cc1cc(CNCC(C)(C)O)cc(C)c1OC(F)F. The van der Waals surface area contributed by atoms with Crippen LogP contribution in [0.25, 0.3) is 0 Å². The highest BCUT2D eigenvalue weighted by Crippen LogP contribution is 2.26. The predicted octanol–water partition coefficient (Wildman–Crippen LogP) is 2.77. The Kier molecular flexibility index (Phi) is 5.26. The zero-order chi connectivity index (χ0) is 14.6. The summed E-state index contributed by atoms with van der Waals surface area (Å²) < 4.78 is 29.0. The number of aryl methyl sites for hydroxylation is 2. The van der Waals surface area contributed by atoms with Crippen LogP contribution in [0.5, 0.6) is 5.75 Å². The molecule has 0 atom stereocenters. The van der Waals surface area contributed by atoms with Crippen LogP contribution in [-0.4, -0.2) is 23.9 Å². The average molecular weight is 273 g/mol. The molecule has 1 rings (SSSR count). The van der Waals surface area contributed by atoms with Crippen molar-refractivity contribution in [3.63, 3.8) is 0 Å². The lowest BCUT2D eigenvalue weighted by atomic mass is 10.1. The number of hydrogen-bond donors (Lipinski definition) is 2. The molecular formula is C14H21F2NO2. The third-order valence-electron chi connectivity index (χ3n) is 2.61. The predicted molar refractivity (Wildman–Crippen MR) is 70.6 cm³/mol. The van der Waals surface area contributed by atoms with Crippen LogP contribution in [0.4, 0.5) is 8.78 Å². The smallest absolute Gasteiger partial charge is 0.387 e. The molecule has 1 aromatic rings. The van der Waals surface area contributed by atoms with E-state index in [-0.39, 0.29) is 5.75 Å². The van der Waals surface area contributed by atoms with Gasteiger partial charge < -0.3 is 15.2 Å². The van der Waals surface area contributed by atoms with Gasteiger partial charge in [-0.3, -0.25) is 0 Å². The second kappa shape index (κ2) is 6.30. The number of alkyl halides is 2. The second-order valence-corrected chi connectivity index (χ2v) is 5.35. The van der Waals surface area contributed by atoms with Gasteiger partial charge in [0.2, 0.25) is 0 Å². The molecule has 2 N–H and O–H groups in total. The maximum absolute atomic E-state index is 12.3. The summed E-state index contributed by atoms with van der Waals surface area (Å²) in [6.07, 6.45) is 0. The van der Waals surface area contributed by atoms with Crippen LogP contribution in [0.2, 0.25) is 0 Å². The van der Waals surface area contributed by atoms with Crippen molar-refractivity contribution in [3.05, 3.63) is 28.8 Å². The molecular weight excluding hydrogens is 252 g/mol. The molecule has 0 bridgehead atoms. The van der Waals surface area contributed by atoms with E-state index in [1.165, 1.54) is 0 Å². The first-order chi connectivity index (χ1) is 8.69. The molecule has 0 heterocycles. The van der Waals surface area contributed by atoms with Crippen LogP contribution in [0, 0.1) is 13.8 Å². The minimum atomic E-state index is -2.81. The summed E-state index contributed by atoms with van der Waals surface area (Å²) in [7, 11) is 0. The van der Waals surface area contributed by atoms with Crippen molar-refractivity contribution >= 4 is 0 Å². The Bertz CT molecular complexity index is 405.